The summed E-state index contributed by atoms with van der Waals surface area (Å²) in [5.74, 6) is 0. The predicted octanol–water partition coefficient (Wildman–Crippen LogP) is 3.29. The van der Waals surface area contributed by atoms with E-state index in [1.54, 1.807) is 0 Å². The lowest BCUT2D eigenvalue weighted by Crippen LogP contribution is -2.15. The first kappa shape index (κ1) is 14.1. The topological polar surface area (TPSA) is 39.1 Å². The van der Waals surface area contributed by atoms with Crippen molar-refractivity contribution in [3.63, 3.8) is 0 Å². The molecule has 0 spiro atoms. The lowest BCUT2D eigenvalue weighted by molar-refractivity contribution is 0.0940. The van der Waals surface area contributed by atoms with Crippen molar-refractivity contribution in [2.24, 2.45) is 0 Å². The number of aryl methyl sites for hydroxylation is 2. The van der Waals surface area contributed by atoms with E-state index in [0.717, 1.165) is 31.8 Å². The van der Waals surface area contributed by atoms with E-state index in [4.69, 9.17) is 4.74 Å². The molecular weight excluding hydrogens is 262 g/mol. The van der Waals surface area contributed by atoms with Crippen LogP contribution in [0.1, 0.15) is 29.5 Å². The summed E-state index contributed by atoms with van der Waals surface area (Å²) in [7, 11) is 0. The van der Waals surface area contributed by atoms with E-state index in [9.17, 15) is 0 Å². The van der Waals surface area contributed by atoms with Gasteiger partial charge in [0.1, 0.15) is 0 Å². The van der Waals surface area contributed by atoms with Gasteiger partial charge in [0.05, 0.1) is 24.5 Å². The maximum atomic E-state index is 5.64. The zero-order valence-electron chi connectivity index (χ0n) is 12.8. The summed E-state index contributed by atoms with van der Waals surface area (Å²) in [4.78, 5) is 0. The molecule has 0 radical (unpaired) electrons. The zero-order valence-corrected chi connectivity index (χ0v) is 12.8. The number of ether oxygens (including phenoxy) is 1. The van der Waals surface area contributed by atoms with E-state index in [0.29, 0.717) is 6.10 Å². The fourth-order valence-corrected chi connectivity index (χ4v) is 2.79. The highest BCUT2D eigenvalue weighted by atomic mass is 16.5. The van der Waals surface area contributed by atoms with Crippen molar-refractivity contribution in [2.45, 2.75) is 45.9 Å². The molecule has 0 amide bonds. The van der Waals surface area contributed by atoms with Crippen LogP contribution in [0.4, 0.5) is 5.69 Å². The van der Waals surface area contributed by atoms with Gasteiger partial charge < -0.3 is 10.1 Å². The quantitative estimate of drug-likeness (QED) is 0.916. The van der Waals surface area contributed by atoms with E-state index < -0.39 is 0 Å². The van der Waals surface area contributed by atoms with Gasteiger partial charge in [0.2, 0.25) is 0 Å². The Morgan fingerprint density at radius 2 is 2.29 bits per heavy atom. The largest absolute Gasteiger partial charge is 0.378 e. The first-order valence-electron chi connectivity index (χ1n) is 7.65. The van der Waals surface area contributed by atoms with E-state index in [2.05, 4.69) is 48.7 Å². The molecule has 1 unspecified atom stereocenters. The van der Waals surface area contributed by atoms with Crippen molar-refractivity contribution in [1.29, 1.82) is 0 Å². The van der Waals surface area contributed by atoms with E-state index in [1.165, 1.54) is 23.1 Å². The Bertz CT molecular complexity index is 600. The second-order valence-electron chi connectivity index (χ2n) is 5.87. The second kappa shape index (κ2) is 6.31. The van der Waals surface area contributed by atoms with Crippen LogP contribution in [0.5, 0.6) is 0 Å². The first-order valence-corrected chi connectivity index (χ1v) is 7.65. The minimum atomic E-state index is 0.331. The van der Waals surface area contributed by atoms with Gasteiger partial charge in [0.15, 0.2) is 0 Å². The molecule has 1 aliphatic heterocycles. The summed E-state index contributed by atoms with van der Waals surface area (Å²) >= 11 is 0. The summed E-state index contributed by atoms with van der Waals surface area (Å²) in [6, 6.07) is 6.57. The lowest BCUT2D eigenvalue weighted by atomic mass is 10.1. The van der Waals surface area contributed by atoms with Crippen LogP contribution in [0.15, 0.2) is 30.6 Å². The number of nitrogens with zero attached hydrogens (tertiary/aromatic N) is 2. The van der Waals surface area contributed by atoms with Crippen LogP contribution in [0, 0.1) is 13.8 Å². The van der Waals surface area contributed by atoms with Crippen LogP contribution < -0.4 is 5.32 Å². The maximum Gasteiger partial charge on any atom is 0.0771 e. The molecule has 2 heterocycles. The fraction of sp³-hybridized carbons (Fsp3) is 0.471. The lowest BCUT2D eigenvalue weighted by Gasteiger charge is -2.09. The molecule has 1 aromatic heterocycles. The molecule has 1 aromatic carbocycles. The van der Waals surface area contributed by atoms with Gasteiger partial charge in [0, 0.05) is 19.3 Å². The Balaban J connectivity index is 1.56. The molecule has 3 rings (SSSR count). The molecule has 2 aromatic rings. The molecule has 4 nitrogen and oxygen atoms in total. The van der Waals surface area contributed by atoms with Gasteiger partial charge in [-0.3, -0.25) is 4.68 Å². The third-order valence-corrected chi connectivity index (χ3v) is 4.03. The molecule has 0 saturated carbocycles. The molecule has 1 aliphatic rings. The summed E-state index contributed by atoms with van der Waals surface area (Å²) in [5.41, 5.74) is 5.02. The molecule has 0 aliphatic carbocycles. The smallest absolute Gasteiger partial charge is 0.0771 e. The standard InChI is InChI=1S/C17H23N3O/c1-13-5-6-15(14(2)8-13)9-18-16-10-19-20(11-16)12-17-4-3-7-21-17/h5-6,8,10-11,17-18H,3-4,7,9,12H2,1-2H3. The first-order chi connectivity index (χ1) is 10.2. The van der Waals surface area contributed by atoms with Gasteiger partial charge >= 0.3 is 0 Å². The molecule has 1 saturated heterocycles. The highest BCUT2D eigenvalue weighted by molar-refractivity contribution is 5.41. The van der Waals surface area contributed by atoms with Crippen molar-refractivity contribution >= 4 is 5.69 Å². The van der Waals surface area contributed by atoms with Crippen LogP contribution in [0.25, 0.3) is 0 Å². The third-order valence-electron chi connectivity index (χ3n) is 4.03. The van der Waals surface area contributed by atoms with Gasteiger partial charge in [-0.2, -0.15) is 5.10 Å². The average molecular weight is 285 g/mol. The summed E-state index contributed by atoms with van der Waals surface area (Å²) < 4.78 is 7.61. The second-order valence-corrected chi connectivity index (χ2v) is 5.87. The van der Waals surface area contributed by atoms with Crippen molar-refractivity contribution in [3.05, 3.63) is 47.3 Å². The van der Waals surface area contributed by atoms with E-state index >= 15 is 0 Å². The molecule has 4 heteroatoms. The summed E-state index contributed by atoms with van der Waals surface area (Å²) in [5, 5.41) is 7.85. The molecular formula is C17H23N3O. The van der Waals surface area contributed by atoms with Crippen molar-refractivity contribution in [1.82, 2.24) is 9.78 Å². The van der Waals surface area contributed by atoms with Crippen LogP contribution in [-0.2, 0) is 17.8 Å². The van der Waals surface area contributed by atoms with Crippen LogP contribution in [-0.4, -0.2) is 22.5 Å². The maximum absolute atomic E-state index is 5.64. The molecule has 0 bridgehead atoms. The highest BCUT2D eigenvalue weighted by Gasteiger charge is 2.16. The Hall–Kier alpha value is -1.81. The zero-order chi connectivity index (χ0) is 14.7. The number of hydrogen-bond donors (Lipinski definition) is 1. The van der Waals surface area contributed by atoms with Crippen molar-refractivity contribution in [2.75, 3.05) is 11.9 Å². The number of aromatic nitrogens is 2. The van der Waals surface area contributed by atoms with Gasteiger partial charge in [-0.25, -0.2) is 0 Å². The van der Waals surface area contributed by atoms with Gasteiger partial charge in [0.25, 0.3) is 0 Å². The number of rotatable bonds is 5. The normalized spacial score (nSPS) is 18.1. The summed E-state index contributed by atoms with van der Waals surface area (Å²) in [6.07, 6.45) is 6.59. The Labute approximate surface area is 126 Å². The van der Waals surface area contributed by atoms with Gasteiger partial charge in [-0.15, -0.1) is 0 Å². The summed E-state index contributed by atoms with van der Waals surface area (Å²) in [6.45, 7) is 6.86. The van der Waals surface area contributed by atoms with Crippen LogP contribution in [0.2, 0.25) is 0 Å². The molecule has 21 heavy (non-hydrogen) atoms. The SMILES string of the molecule is Cc1ccc(CNc2cnn(CC3CCCO3)c2)c(C)c1. The van der Waals surface area contributed by atoms with Gasteiger partial charge in [-0.05, 0) is 37.8 Å². The predicted molar refractivity (Wildman–Crippen MR) is 84.4 cm³/mol. The minimum absolute atomic E-state index is 0.331. The van der Waals surface area contributed by atoms with Crippen molar-refractivity contribution in [3.8, 4) is 0 Å². The monoisotopic (exact) mass is 285 g/mol. The Kier molecular flexibility index (Phi) is 4.25. The van der Waals surface area contributed by atoms with E-state index in [-0.39, 0.29) is 0 Å². The third kappa shape index (κ3) is 3.64. The number of anilines is 1. The van der Waals surface area contributed by atoms with Gasteiger partial charge in [-0.1, -0.05) is 23.8 Å². The fourth-order valence-electron chi connectivity index (χ4n) is 2.79. The Morgan fingerprint density at radius 3 is 3.05 bits per heavy atom. The van der Waals surface area contributed by atoms with Crippen LogP contribution in [0.3, 0.4) is 0 Å². The number of benzene rings is 1. The van der Waals surface area contributed by atoms with Crippen LogP contribution >= 0.6 is 0 Å². The Morgan fingerprint density at radius 1 is 1.38 bits per heavy atom. The number of nitrogens with one attached hydrogen (secondary N) is 1. The molecule has 1 atom stereocenters. The highest BCUT2D eigenvalue weighted by Crippen LogP contribution is 2.16. The number of hydrogen-bond acceptors (Lipinski definition) is 3. The molecule has 1 N–H and O–H groups in total. The van der Waals surface area contributed by atoms with Crippen molar-refractivity contribution < 1.29 is 4.74 Å². The molecule has 112 valence electrons. The molecule has 1 fully saturated rings. The van der Waals surface area contributed by atoms with E-state index in [1.807, 2.05) is 10.9 Å². The minimum Gasteiger partial charge on any atom is -0.378 e. The average Bonchev–Trinajstić information content (AvgIpc) is 3.10.